The van der Waals surface area contributed by atoms with Gasteiger partial charge in [0.1, 0.15) is 0 Å². The molecule has 0 N–H and O–H groups in total. The number of halogens is 2. The second kappa shape index (κ2) is 5.03. The molecule has 2 aliphatic carbocycles. The first-order valence-electron chi connectivity index (χ1n) is 7.34. The van der Waals surface area contributed by atoms with Gasteiger partial charge in [0, 0.05) is 6.04 Å². The zero-order valence-corrected chi connectivity index (χ0v) is 13.0. The van der Waals surface area contributed by atoms with Gasteiger partial charge in [-0.25, -0.2) is 0 Å². The fourth-order valence-electron chi connectivity index (χ4n) is 4.28. The minimum Gasteiger partial charge on any atom is -0.297 e. The predicted molar refractivity (Wildman–Crippen MR) is 76.7 cm³/mol. The van der Waals surface area contributed by atoms with Gasteiger partial charge in [0.15, 0.2) is 0 Å². The van der Waals surface area contributed by atoms with E-state index in [1.54, 1.807) is 0 Å². The molecule has 3 fully saturated rings. The summed E-state index contributed by atoms with van der Waals surface area (Å²) in [6.45, 7) is -0.982. The predicted octanol–water partition coefficient (Wildman–Crippen LogP) is 4.61. The van der Waals surface area contributed by atoms with Gasteiger partial charge >= 0.3 is 6.86 Å². The lowest BCUT2D eigenvalue weighted by Gasteiger charge is -2.40. The molecule has 0 bridgehead atoms. The zero-order chi connectivity index (χ0) is 11.9. The van der Waals surface area contributed by atoms with Crippen LogP contribution >= 0.6 is 22.2 Å². The summed E-state index contributed by atoms with van der Waals surface area (Å²) in [5, 5.41) is 0. The fourth-order valence-corrected chi connectivity index (χ4v) is 9.63. The first-order chi connectivity index (χ1) is 8.19. The van der Waals surface area contributed by atoms with Gasteiger partial charge in [0.25, 0.3) is 0 Å². The van der Waals surface area contributed by atoms with Crippen molar-refractivity contribution in [1.29, 1.82) is 0 Å². The standard InChI is InChI=1S/C13H23Cl2NSi/c14-17(15,12-6-2-3-7-12)16-10-9-11-5-1-4-8-13(11)16/h11-13H,1-10H2. The summed E-state index contributed by atoms with van der Waals surface area (Å²) < 4.78 is 2.59. The Balaban J connectivity index is 1.74. The average molecular weight is 292 g/mol. The van der Waals surface area contributed by atoms with Crippen LogP contribution in [0.2, 0.25) is 5.54 Å². The van der Waals surface area contributed by atoms with Crippen LogP contribution < -0.4 is 0 Å². The van der Waals surface area contributed by atoms with E-state index in [0.717, 1.165) is 12.0 Å². The van der Waals surface area contributed by atoms with Gasteiger partial charge in [0.05, 0.1) is 0 Å². The van der Waals surface area contributed by atoms with Crippen molar-refractivity contribution in [3.8, 4) is 0 Å². The Hall–Kier alpha value is 0.757. The van der Waals surface area contributed by atoms with Crippen LogP contribution in [0.1, 0.15) is 57.8 Å². The van der Waals surface area contributed by atoms with Crippen LogP contribution in [0.4, 0.5) is 0 Å². The van der Waals surface area contributed by atoms with Crippen LogP contribution in [0, 0.1) is 5.92 Å². The van der Waals surface area contributed by atoms with Crippen LogP contribution in [0.5, 0.6) is 0 Å². The van der Waals surface area contributed by atoms with Crippen molar-refractivity contribution < 1.29 is 0 Å². The van der Waals surface area contributed by atoms with E-state index in [9.17, 15) is 0 Å². The number of hydrogen-bond donors (Lipinski definition) is 0. The summed E-state index contributed by atoms with van der Waals surface area (Å²) in [4.78, 5) is 0. The summed E-state index contributed by atoms with van der Waals surface area (Å²) in [5.74, 6) is 0.912. The lowest BCUT2D eigenvalue weighted by atomic mass is 9.86. The first kappa shape index (κ1) is 12.8. The van der Waals surface area contributed by atoms with Gasteiger partial charge in [0.2, 0.25) is 0 Å². The lowest BCUT2D eigenvalue weighted by Crippen LogP contribution is -2.51. The minimum atomic E-state index is -2.17. The first-order valence-corrected chi connectivity index (χ1v) is 11.4. The molecule has 1 nitrogen and oxygen atoms in total. The SMILES string of the molecule is Cl[Si](Cl)(C1CCCC1)N1CCC2CCCCC21. The summed E-state index contributed by atoms with van der Waals surface area (Å²) in [6, 6.07) is 0.742. The monoisotopic (exact) mass is 291 g/mol. The van der Waals surface area contributed by atoms with Gasteiger partial charge in [-0.1, -0.05) is 25.7 Å². The minimum absolute atomic E-state index is 0.645. The van der Waals surface area contributed by atoms with Crippen LogP contribution in [-0.4, -0.2) is 24.0 Å². The van der Waals surface area contributed by atoms with Crippen molar-refractivity contribution >= 4 is 29.0 Å². The van der Waals surface area contributed by atoms with Crippen LogP contribution in [0.15, 0.2) is 0 Å². The third kappa shape index (κ3) is 2.31. The highest BCUT2D eigenvalue weighted by molar-refractivity contribution is 7.44. The molecule has 0 amide bonds. The maximum absolute atomic E-state index is 6.90. The normalized spacial score (nSPS) is 36.4. The smallest absolute Gasteiger partial charge is 0.297 e. The van der Waals surface area contributed by atoms with Gasteiger partial charge in [-0.2, -0.15) is 0 Å². The Morgan fingerprint density at radius 1 is 0.824 bits per heavy atom. The zero-order valence-electron chi connectivity index (χ0n) is 10.5. The molecule has 2 atom stereocenters. The molecule has 3 aliphatic rings. The van der Waals surface area contributed by atoms with E-state index in [2.05, 4.69) is 4.57 Å². The van der Waals surface area contributed by atoms with E-state index < -0.39 is 6.86 Å². The molecule has 2 unspecified atom stereocenters. The van der Waals surface area contributed by atoms with E-state index >= 15 is 0 Å². The quantitative estimate of drug-likeness (QED) is 0.530. The van der Waals surface area contributed by atoms with Gasteiger partial charge in [-0.15, -0.1) is 22.2 Å². The molecule has 0 aromatic rings. The molecule has 17 heavy (non-hydrogen) atoms. The molecule has 98 valence electrons. The van der Waals surface area contributed by atoms with Gasteiger partial charge in [-0.3, -0.25) is 4.57 Å². The molecule has 1 saturated heterocycles. The Labute approximate surface area is 115 Å². The van der Waals surface area contributed by atoms with Crippen LogP contribution in [-0.2, 0) is 0 Å². The fraction of sp³-hybridized carbons (Fsp3) is 1.00. The van der Waals surface area contributed by atoms with Crippen LogP contribution in [0.3, 0.4) is 0 Å². The maximum atomic E-state index is 6.90. The Morgan fingerprint density at radius 3 is 2.24 bits per heavy atom. The molecule has 0 spiro atoms. The summed E-state index contributed by atoms with van der Waals surface area (Å²) in [6.07, 6.45) is 12.2. The Bertz CT molecular complexity index is 279. The van der Waals surface area contributed by atoms with Crippen molar-refractivity contribution in [2.24, 2.45) is 5.92 Å². The molecule has 3 rings (SSSR count). The van der Waals surface area contributed by atoms with Gasteiger partial charge < -0.3 is 0 Å². The molecule has 1 heterocycles. The highest BCUT2D eigenvalue weighted by Gasteiger charge is 2.52. The van der Waals surface area contributed by atoms with Crippen molar-refractivity contribution in [3.63, 3.8) is 0 Å². The van der Waals surface area contributed by atoms with Crippen LogP contribution in [0.25, 0.3) is 0 Å². The topological polar surface area (TPSA) is 3.24 Å². The van der Waals surface area contributed by atoms with Crippen molar-refractivity contribution in [3.05, 3.63) is 0 Å². The van der Waals surface area contributed by atoms with Gasteiger partial charge in [-0.05, 0) is 50.1 Å². The molecular weight excluding hydrogens is 269 g/mol. The second-order valence-electron chi connectivity index (χ2n) is 6.16. The maximum Gasteiger partial charge on any atom is 0.328 e. The van der Waals surface area contributed by atoms with Crippen molar-refractivity contribution in [2.75, 3.05) is 6.54 Å². The molecule has 0 aromatic heterocycles. The van der Waals surface area contributed by atoms with Crippen molar-refractivity contribution in [2.45, 2.75) is 69.4 Å². The van der Waals surface area contributed by atoms with Crippen molar-refractivity contribution in [1.82, 2.24) is 4.57 Å². The average Bonchev–Trinajstić information content (AvgIpc) is 2.99. The third-order valence-corrected chi connectivity index (χ3v) is 11.3. The largest absolute Gasteiger partial charge is 0.328 e. The van der Waals surface area contributed by atoms with E-state index in [4.69, 9.17) is 22.2 Å². The van der Waals surface area contributed by atoms with E-state index in [0.29, 0.717) is 5.54 Å². The van der Waals surface area contributed by atoms with E-state index in [-0.39, 0.29) is 0 Å². The number of nitrogens with zero attached hydrogens (tertiary/aromatic N) is 1. The lowest BCUT2D eigenvalue weighted by molar-refractivity contribution is 0.258. The second-order valence-corrected chi connectivity index (χ2v) is 12.8. The molecular formula is C13H23Cl2NSi. The highest BCUT2D eigenvalue weighted by atomic mass is 35.7. The third-order valence-electron chi connectivity index (χ3n) is 5.24. The summed E-state index contributed by atoms with van der Waals surface area (Å²) in [7, 11) is 0. The number of rotatable bonds is 2. The number of hydrogen-bond acceptors (Lipinski definition) is 1. The molecule has 4 heteroatoms. The van der Waals surface area contributed by atoms with E-state index in [1.165, 1.54) is 64.3 Å². The highest BCUT2D eigenvalue weighted by Crippen LogP contribution is 2.49. The number of fused-ring (bicyclic) bond motifs is 1. The summed E-state index contributed by atoms with van der Waals surface area (Å²) in [5.41, 5.74) is 0.645. The van der Waals surface area contributed by atoms with E-state index in [1.807, 2.05) is 0 Å². The molecule has 1 aliphatic heterocycles. The summed E-state index contributed by atoms with van der Waals surface area (Å²) >= 11 is 13.8. The molecule has 0 radical (unpaired) electrons. The Morgan fingerprint density at radius 2 is 1.47 bits per heavy atom. The molecule has 2 saturated carbocycles. The Kier molecular flexibility index (Phi) is 3.78. The molecule has 0 aromatic carbocycles.